The highest BCUT2D eigenvalue weighted by atomic mass is 35.5. The van der Waals surface area contributed by atoms with Crippen LogP contribution < -0.4 is 9.62 Å². The standard InChI is InChI=1S/C21H27ClN2O3S/c1-6-20(24(28(5,26)27)19-11-9-18(22)10-12-19)21(25)23-16(4)17-8-7-14(2)15(3)13-17/h7-13,16,20H,6H2,1-5H3,(H,23,25). The third-order valence-electron chi connectivity index (χ3n) is 4.80. The van der Waals surface area contributed by atoms with Crippen LogP contribution in [0.5, 0.6) is 0 Å². The van der Waals surface area contributed by atoms with E-state index in [0.29, 0.717) is 17.1 Å². The van der Waals surface area contributed by atoms with Crippen molar-refractivity contribution < 1.29 is 13.2 Å². The zero-order valence-electron chi connectivity index (χ0n) is 16.9. The van der Waals surface area contributed by atoms with E-state index >= 15 is 0 Å². The summed E-state index contributed by atoms with van der Waals surface area (Å²) in [4.78, 5) is 13.0. The minimum atomic E-state index is -3.67. The first-order chi connectivity index (χ1) is 13.0. The molecule has 2 unspecified atom stereocenters. The molecule has 0 spiro atoms. The van der Waals surface area contributed by atoms with Crippen molar-refractivity contribution in [3.8, 4) is 0 Å². The van der Waals surface area contributed by atoms with Gasteiger partial charge in [-0.25, -0.2) is 8.42 Å². The second-order valence-electron chi connectivity index (χ2n) is 7.03. The minimum Gasteiger partial charge on any atom is -0.348 e. The summed E-state index contributed by atoms with van der Waals surface area (Å²) in [5, 5.41) is 3.45. The lowest BCUT2D eigenvalue weighted by atomic mass is 10.0. The van der Waals surface area contributed by atoms with Gasteiger partial charge in [0, 0.05) is 5.02 Å². The van der Waals surface area contributed by atoms with Crippen LogP contribution in [-0.4, -0.2) is 26.6 Å². The number of halogens is 1. The molecule has 1 N–H and O–H groups in total. The van der Waals surface area contributed by atoms with Crippen LogP contribution in [0.4, 0.5) is 5.69 Å². The first-order valence-electron chi connectivity index (χ1n) is 9.17. The van der Waals surface area contributed by atoms with Gasteiger partial charge in [0.05, 0.1) is 18.0 Å². The summed E-state index contributed by atoms with van der Waals surface area (Å²) in [7, 11) is -3.67. The summed E-state index contributed by atoms with van der Waals surface area (Å²) in [5.74, 6) is -0.339. The average Bonchev–Trinajstić information content (AvgIpc) is 2.61. The number of nitrogens with zero attached hydrogens (tertiary/aromatic N) is 1. The number of nitrogens with one attached hydrogen (secondary N) is 1. The first-order valence-corrected chi connectivity index (χ1v) is 11.4. The monoisotopic (exact) mass is 422 g/mol. The fourth-order valence-electron chi connectivity index (χ4n) is 3.08. The smallest absolute Gasteiger partial charge is 0.244 e. The van der Waals surface area contributed by atoms with Crippen LogP contribution in [0.15, 0.2) is 42.5 Å². The predicted molar refractivity (Wildman–Crippen MR) is 115 cm³/mol. The molecular weight excluding hydrogens is 396 g/mol. The Hall–Kier alpha value is -2.05. The quantitative estimate of drug-likeness (QED) is 0.720. The van der Waals surface area contributed by atoms with Gasteiger partial charge in [0.15, 0.2) is 0 Å². The molecule has 1 amide bonds. The highest BCUT2D eigenvalue weighted by Crippen LogP contribution is 2.25. The van der Waals surface area contributed by atoms with Gasteiger partial charge in [0.2, 0.25) is 15.9 Å². The van der Waals surface area contributed by atoms with Gasteiger partial charge in [-0.15, -0.1) is 0 Å². The molecule has 2 aromatic rings. The number of aryl methyl sites for hydroxylation is 2. The Morgan fingerprint density at radius 1 is 1.11 bits per heavy atom. The van der Waals surface area contributed by atoms with Crippen molar-refractivity contribution >= 4 is 33.2 Å². The lowest BCUT2D eigenvalue weighted by Gasteiger charge is -2.31. The van der Waals surface area contributed by atoms with Crippen LogP contribution in [0.2, 0.25) is 5.02 Å². The van der Waals surface area contributed by atoms with Crippen LogP contribution in [-0.2, 0) is 14.8 Å². The Bertz CT molecular complexity index is 943. The van der Waals surface area contributed by atoms with Gasteiger partial charge >= 0.3 is 0 Å². The Morgan fingerprint density at radius 2 is 1.71 bits per heavy atom. The van der Waals surface area contributed by atoms with Crippen LogP contribution in [0.25, 0.3) is 0 Å². The SMILES string of the molecule is CCC(C(=O)NC(C)c1ccc(C)c(C)c1)N(c1ccc(Cl)cc1)S(C)(=O)=O. The summed E-state index contributed by atoms with van der Waals surface area (Å²) in [5.41, 5.74) is 3.71. The molecule has 0 saturated heterocycles. The number of amides is 1. The summed E-state index contributed by atoms with van der Waals surface area (Å²) < 4.78 is 26.1. The van der Waals surface area contributed by atoms with Crippen LogP contribution in [0, 0.1) is 13.8 Å². The van der Waals surface area contributed by atoms with Crippen LogP contribution >= 0.6 is 11.6 Å². The van der Waals surface area contributed by atoms with E-state index in [2.05, 4.69) is 5.32 Å². The Kier molecular flexibility index (Phi) is 7.12. The number of hydrogen-bond donors (Lipinski definition) is 1. The van der Waals surface area contributed by atoms with Gasteiger partial charge in [0.25, 0.3) is 0 Å². The lowest BCUT2D eigenvalue weighted by molar-refractivity contribution is -0.122. The molecule has 2 atom stereocenters. The maximum absolute atomic E-state index is 13.0. The van der Waals surface area contributed by atoms with E-state index in [4.69, 9.17) is 11.6 Å². The van der Waals surface area contributed by atoms with Gasteiger partial charge in [-0.1, -0.05) is 36.7 Å². The third kappa shape index (κ3) is 5.26. The van der Waals surface area contributed by atoms with Crippen molar-refractivity contribution in [2.24, 2.45) is 0 Å². The molecule has 0 aromatic heterocycles. The summed E-state index contributed by atoms with van der Waals surface area (Å²) in [6.07, 6.45) is 1.44. The topological polar surface area (TPSA) is 66.5 Å². The maximum Gasteiger partial charge on any atom is 0.244 e. The Labute approximate surface area is 172 Å². The zero-order valence-corrected chi connectivity index (χ0v) is 18.4. The summed E-state index contributed by atoms with van der Waals surface area (Å²) in [6, 6.07) is 11.3. The molecule has 0 aliphatic carbocycles. The van der Waals surface area contributed by atoms with Gasteiger partial charge in [-0.3, -0.25) is 9.10 Å². The van der Waals surface area contributed by atoms with E-state index < -0.39 is 16.1 Å². The number of carbonyl (C=O) groups excluding carboxylic acids is 1. The van der Waals surface area contributed by atoms with E-state index in [0.717, 1.165) is 21.7 Å². The normalized spacial score (nSPS) is 13.6. The molecule has 0 aliphatic heterocycles. The molecular formula is C21H27ClN2O3S. The largest absolute Gasteiger partial charge is 0.348 e. The molecule has 2 rings (SSSR count). The molecule has 0 aliphatic rings. The molecule has 152 valence electrons. The van der Waals surface area contributed by atoms with Crippen molar-refractivity contribution in [3.05, 3.63) is 64.2 Å². The average molecular weight is 423 g/mol. The minimum absolute atomic E-state index is 0.243. The molecule has 0 heterocycles. The van der Waals surface area contributed by atoms with E-state index in [1.807, 2.05) is 39.0 Å². The molecule has 5 nitrogen and oxygen atoms in total. The number of carbonyl (C=O) groups is 1. The predicted octanol–water partition coefficient (Wildman–Crippen LogP) is 4.38. The van der Waals surface area contributed by atoms with Crippen molar-refractivity contribution in [1.29, 1.82) is 0 Å². The summed E-state index contributed by atoms with van der Waals surface area (Å²) in [6.45, 7) is 7.74. The summed E-state index contributed by atoms with van der Waals surface area (Å²) >= 11 is 5.92. The van der Waals surface area contributed by atoms with E-state index in [-0.39, 0.29) is 11.9 Å². The Morgan fingerprint density at radius 3 is 2.21 bits per heavy atom. The molecule has 0 fully saturated rings. The molecule has 28 heavy (non-hydrogen) atoms. The van der Waals surface area contributed by atoms with Gasteiger partial charge in [-0.2, -0.15) is 0 Å². The number of benzene rings is 2. The van der Waals surface area contributed by atoms with Crippen molar-refractivity contribution in [2.45, 2.75) is 46.2 Å². The fraction of sp³-hybridized carbons (Fsp3) is 0.381. The van der Waals surface area contributed by atoms with Crippen LogP contribution in [0.1, 0.15) is 43.0 Å². The second-order valence-corrected chi connectivity index (χ2v) is 9.33. The van der Waals surface area contributed by atoms with Gasteiger partial charge in [-0.05, 0) is 68.1 Å². The van der Waals surface area contributed by atoms with Gasteiger partial charge < -0.3 is 5.32 Å². The number of anilines is 1. The van der Waals surface area contributed by atoms with Crippen LogP contribution in [0.3, 0.4) is 0 Å². The maximum atomic E-state index is 13.0. The highest BCUT2D eigenvalue weighted by molar-refractivity contribution is 7.92. The number of sulfonamides is 1. The lowest BCUT2D eigenvalue weighted by Crippen LogP contribution is -2.49. The van der Waals surface area contributed by atoms with E-state index in [9.17, 15) is 13.2 Å². The fourth-order valence-corrected chi connectivity index (χ4v) is 4.41. The number of rotatable bonds is 7. The van der Waals surface area contributed by atoms with Crippen molar-refractivity contribution in [3.63, 3.8) is 0 Å². The molecule has 7 heteroatoms. The Balaban J connectivity index is 2.30. The third-order valence-corrected chi connectivity index (χ3v) is 6.23. The molecule has 0 bridgehead atoms. The highest BCUT2D eigenvalue weighted by Gasteiger charge is 2.32. The van der Waals surface area contributed by atoms with E-state index in [1.54, 1.807) is 31.2 Å². The number of hydrogen-bond acceptors (Lipinski definition) is 3. The van der Waals surface area contributed by atoms with Crippen molar-refractivity contribution in [1.82, 2.24) is 5.32 Å². The van der Waals surface area contributed by atoms with Gasteiger partial charge in [0.1, 0.15) is 6.04 Å². The zero-order chi connectivity index (χ0) is 21.1. The van der Waals surface area contributed by atoms with Crippen molar-refractivity contribution in [2.75, 3.05) is 10.6 Å². The van der Waals surface area contributed by atoms with E-state index in [1.165, 1.54) is 5.56 Å². The first kappa shape index (κ1) is 22.2. The molecule has 2 aromatic carbocycles. The second kappa shape index (κ2) is 8.97. The molecule has 0 radical (unpaired) electrons. The molecule has 0 saturated carbocycles.